The average molecular weight is 441 g/mol. The molecule has 30 heavy (non-hydrogen) atoms. The van der Waals surface area contributed by atoms with E-state index in [2.05, 4.69) is 16.7 Å². The number of carbonyl (C=O) groups excluding carboxylic acids is 1. The summed E-state index contributed by atoms with van der Waals surface area (Å²) in [6.45, 7) is 0. The second kappa shape index (κ2) is 9.14. The number of anilines is 2. The van der Waals surface area contributed by atoms with Gasteiger partial charge in [-0.05, 0) is 49.3 Å². The maximum absolute atomic E-state index is 13.2. The van der Waals surface area contributed by atoms with Gasteiger partial charge in [-0.3, -0.25) is 9.79 Å². The van der Waals surface area contributed by atoms with Crippen LogP contribution in [0.3, 0.4) is 0 Å². The van der Waals surface area contributed by atoms with Crippen molar-refractivity contribution in [1.82, 2.24) is 5.32 Å². The van der Waals surface area contributed by atoms with E-state index in [0.717, 1.165) is 35.5 Å². The third kappa shape index (κ3) is 4.50. The fraction of sp³-hybridized carbons (Fsp3) is 0.348. The van der Waals surface area contributed by atoms with Gasteiger partial charge in [-0.15, -0.1) is 0 Å². The molecule has 2 N–H and O–H groups in total. The van der Waals surface area contributed by atoms with Crippen molar-refractivity contribution in [3.8, 4) is 0 Å². The number of hydrogen-bond donors (Lipinski definition) is 2. The van der Waals surface area contributed by atoms with Gasteiger partial charge in [0.05, 0.1) is 11.4 Å². The Labute approximate surface area is 187 Å². The third-order valence-corrected chi connectivity index (χ3v) is 6.17. The smallest absolute Gasteiger partial charge is 0.272 e. The second-order valence-corrected chi connectivity index (χ2v) is 8.62. The van der Waals surface area contributed by atoms with E-state index < -0.39 is 6.17 Å². The largest absolute Gasteiger partial charge is 0.333 e. The van der Waals surface area contributed by atoms with E-state index in [4.69, 9.17) is 28.8 Å². The molecule has 1 aliphatic heterocycles. The third-order valence-electron chi connectivity index (χ3n) is 5.72. The van der Waals surface area contributed by atoms with E-state index >= 15 is 0 Å². The molecule has 0 bridgehead atoms. The first-order valence-electron chi connectivity index (χ1n) is 10.3. The normalized spacial score (nSPS) is 19.5. The zero-order valence-corrected chi connectivity index (χ0v) is 18.5. The van der Waals surface area contributed by atoms with Crippen LogP contribution in [-0.2, 0) is 4.79 Å². The summed E-state index contributed by atoms with van der Waals surface area (Å²) in [5.41, 5.74) is 3.70. The van der Waals surface area contributed by atoms with Crippen molar-refractivity contribution in [2.45, 2.75) is 38.3 Å². The van der Waals surface area contributed by atoms with Crippen LogP contribution >= 0.6 is 23.8 Å². The number of fused-ring (bicyclic) bond motifs is 1. The average Bonchev–Trinajstić information content (AvgIpc) is 2.85. The molecule has 2 aromatic rings. The molecule has 0 radical (unpaired) electrons. The van der Waals surface area contributed by atoms with Gasteiger partial charge in [0, 0.05) is 29.2 Å². The maximum atomic E-state index is 13.2. The first kappa shape index (κ1) is 20.8. The first-order chi connectivity index (χ1) is 14.5. The molecule has 1 saturated carbocycles. The summed E-state index contributed by atoms with van der Waals surface area (Å²) in [6, 6.07) is 15.3. The molecular weight excluding hydrogens is 416 g/mol. The predicted octanol–water partition coefficient (Wildman–Crippen LogP) is 5.00. The number of likely N-dealkylation sites (N-methyl/N-ethyl adjacent to an activating group) is 1. The zero-order valence-electron chi connectivity index (χ0n) is 16.9. The number of thiocarbonyl (C=S) groups is 1. The van der Waals surface area contributed by atoms with Gasteiger partial charge in [0.25, 0.3) is 5.91 Å². The standard InChI is InChI=1S/C23H25ClN4OS/c1-28-19-13-6-5-12-18(19)20(15-8-3-2-4-9-15)26-21(22(28)29)27-23(30)25-17-11-7-10-16(24)14-17/h5-7,10-15,21H,2-4,8-9H2,1H3,(H2,25,27,30). The van der Waals surface area contributed by atoms with E-state index in [1.165, 1.54) is 19.3 Å². The molecule has 1 fully saturated rings. The zero-order chi connectivity index (χ0) is 21.1. The Morgan fingerprint density at radius 2 is 1.90 bits per heavy atom. The summed E-state index contributed by atoms with van der Waals surface area (Å²) in [7, 11) is 1.79. The number of hydrogen-bond acceptors (Lipinski definition) is 3. The molecule has 0 saturated heterocycles. The van der Waals surface area contributed by atoms with E-state index in [0.29, 0.717) is 16.1 Å². The van der Waals surface area contributed by atoms with Crippen LogP contribution in [0.4, 0.5) is 11.4 Å². The Bertz CT molecular complexity index is 987. The number of halogens is 1. The summed E-state index contributed by atoms with van der Waals surface area (Å²) in [5, 5.41) is 7.15. The summed E-state index contributed by atoms with van der Waals surface area (Å²) in [6.07, 6.45) is 5.08. The fourth-order valence-electron chi connectivity index (χ4n) is 4.20. The van der Waals surface area contributed by atoms with Crippen LogP contribution in [0.25, 0.3) is 0 Å². The van der Waals surface area contributed by atoms with E-state index in [9.17, 15) is 4.79 Å². The molecule has 0 aromatic heterocycles. The molecule has 4 rings (SSSR count). The second-order valence-electron chi connectivity index (χ2n) is 7.78. The maximum Gasteiger partial charge on any atom is 0.272 e. The minimum Gasteiger partial charge on any atom is -0.333 e. The van der Waals surface area contributed by atoms with Crippen molar-refractivity contribution in [1.29, 1.82) is 0 Å². The topological polar surface area (TPSA) is 56.7 Å². The van der Waals surface area contributed by atoms with Gasteiger partial charge >= 0.3 is 0 Å². The lowest BCUT2D eigenvalue weighted by Gasteiger charge is -2.25. The van der Waals surface area contributed by atoms with Crippen LogP contribution in [0.15, 0.2) is 53.5 Å². The Balaban J connectivity index is 1.63. The minimum atomic E-state index is -0.779. The van der Waals surface area contributed by atoms with Crippen molar-refractivity contribution in [2.24, 2.45) is 10.9 Å². The molecular formula is C23H25ClN4OS. The van der Waals surface area contributed by atoms with Crippen LogP contribution in [0.2, 0.25) is 5.02 Å². The Morgan fingerprint density at radius 1 is 1.13 bits per heavy atom. The van der Waals surface area contributed by atoms with Crippen LogP contribution in [-0.4, -0.2) is 29.9 Å². The summed E-state index contributed by atoms with van der Waals surface area (Å²) in [4.78, 5) is 19.8. The summed E-state index contributed by atoms with van der Waals surface area (Å²) in [5.74, 6) is 0.224. The Kier molecular flexibility index (Phi) is 6.35. The highest BCUT2D eigenvalue weighted by Gasteiger charge is 2.32. The molecule has 1 unspecified atom stereocenters. The lowest BCUT2D eigenvalue weighted by atomic mass is 9.83. The van der Waals surface area contributed by atoms with Crippen molar-refractivity contribution < 1.29 is 4.79 Å². The van der Waals surface area contributed by atoms with E-state index in [1.807, 2.05) is 30.3 Å². The van der Waals surface area contributed by atoms with Gasteiger partial charge in [0.2, 0.25) is 6.17 Å². The molecule has 1 amide bonds. The molecule has 156 valence electrons. The SMILES string of the molecule is CN1C(=O)C(NC(=S)Nc2cccc(Cl)c2)N=C(C2CCCCC2)c2ccccc21. The summed E-state index contributed by atoms with van der Waals surface area (Å²) >= 11 is 11.5. The Hall–Kier alpha value is -2.44. The highest BCUT2D eigenvalue weighted by Crippen LogP contribution is 2.33. The lowest BCUT2D eigenvalue weighted by molar-refractivity contribution is -0.119. The highest BCUT2D eigenvalue weighted by atomic mass is 35.5. The van der Waals surface area contributed by atoms with Gasteiger partial charge in [-0.2, -0.15) is 0 Å². The fourth-order valence-corrected chi connectivity index (χ4v) is 4.62. The number of amides is 1. The van der Waals surface area contributed by atoms with Gasteiger partial charge in [-0.25, -0.2) is 0 Å². The van der Waals surface area contributed by atoms with Gasteiger partial charge in [0.1, 0.15) is 0 Å². The number of para-hydroxylation sites is 1. The van der Waals surface area contributed by atoms with Crippen molar-refractivity contribution in [3.05, 3.63) is 59.1 Å². The quantitative estimate of drug-likeness (QED) is 0.659. The van der Waals surface area contributed by atoms with E-state index in [-0.39, 0.29) is 5.91 Å². The van der Waals surface area contributed by atoms with Crippen LogP contribution in [0.5, 0.6) is 0 Å². The number of aliphatic imine (C=N–C) groups is 1. The molecule has 7 heteroatoms. The number of nitrogens with one attached hydrogen (secondary N) is 2. The number of nitrogens with zero attached hydrogens (tertiary/aromatic N) is 2. The first-order valence-corrected chi connectivity index (χ1v) is 11.1. The van der Waals surface area contributed by atoms with E-state index in [1.54, 1.807) is 24.1 Å². The van der Waals surface area contributed by atoms with Gasteiger partial charge < -0.3 is 15.5 Å². The monoisotopic (exact) mass is 440 g/mol. The molecule has 1 aliphatic carbocycles. The van der Waals surface area contributed by atoms with Crippen molar-refractivity contribution in [2.75, 3.05) is 17.3 Å². The molecule has 0 spiro atoms. The minimum absolute atomic E-state index is 0.136. The number of benzodiazepines with no additional fused rings is 1. The molecule has 1 heterocycles. The van der Waals surface area contributed by atoms with Gasteiger partial charge in [0.15, 0.2) is 5.11 Å². The highest BCUT2D eigenvalue weighted by molar-refractivity contribution is 7.80. The molecule has 1 atom stereocenters. The lowest BCUT2D eigenvalue weighted by Crippen LogP contribution is -2.47. The predicted molar refractivity (Wildman–Crippen MR) is 128 cm³/mol. The molecule has 2 aliphatic rings. The molecule has 5 nitrogen and oxygen atoms in total. The number of benzene rings is 2. The Morgan fingerprint density at radius 3 is 2.67 bits per heavy atom. The molecule has 2 aromatic carbocycles. The van der Waals surface area contributed by atoms with Crippen LogP contribution < -0.4 is 15.5 Å². The van der Waals surface area contributed by atoms with Crippen molar-refractivity contribution in [3.63, 3.8) is 0 Å². The number of rotatable bonds is 3. The number of carbonyl (C=O) groups is 1. The van der Waals surface area contributed by atoms with Crippen LogP contribution in [0, 0.1) is 5.92 Å². The summed E-state index contributed by atoms with van der Waals surface area (Å²) < 4.78 is 0. The van der Waals surface area contributed by atoms with Crippen molar-refractivity contribution >= 4 is 51.9 Å². The van der Waals surface area contributed by atoms with Crippen LogP contribution in [0.1, 0.15) is 37.7 Å². The van der Waals surface area contributed by atoms with Gasteiger partial charge in [-0.1, -0.05) is 55.1 Å².